The van der Waals surface area contributed by atoms with Crippen LogP contribution in [-0.2, 0) is 17.1 Å². The molecule has 130 valence electrons. The Kier molecular flexibility index (Phi) is 5.23. The molecule has 0 aliphatic heterocycles. The first-order valence-electron chi connectivity index (χ1n) is 7.61. The predicted octanol–water partition coefficient (Wildman–Crippen LogP) is 0.571. The van der Waals surface area contributed by atoms with E-state index in [0.29, 0.717) is 22.9 Å². The highest BCUT2D eigenvalue weighted by Gasteiger charge is 2.19. The average molecular weight is 351 g/mol. The Hall–Kier alpha value is -2.42. The lowest BCUT2D eigenvalue weighted by molar-refractivity contribution is -0.519. The summed E-state index contributed by atoms with van der Waals surface area (Å²) in [6, 6.07) is 0. The van der Waals surface area contributed by atoms with Gasteiger partial charge in [0.2, 0.25) is 15.7 Å². The standard InChI is InChI=1S/C15H22N6O2S/c1-5-21(6-2)11-7-8-12(13(9-11)19-24(4,22)23)18-14-10-17-20(3)15(14)16/h7-10H,5-6H2,1-4H3,(H2,16,17,19)/p+1. The number of aromatic nitrogens is 2. The number of nitrogens with zero attached hydrogens (tertiary/aromatic N) is 4. The van der Waals surface area contributed by atoms with Crippen molar-refractivity contribution in [2.24, 2.45) is 12.0 Å². The summed E-state index contributed by atoms with van der Waals surface area (Å²) in [6.45, 7) is 5.73. The number of anilines is 1. The van der Waals surface area contributed by atoms with Crippen LogP contribution >= 0.6 is 0 Å². The van der Waals surface area contributed by atoms with Gasteiger partial charge in [0.25, 0.3) is 0 Å². The quantitative estimate of drug-likeness (QED) is 0.597. The molecule has 0 spiro atoms. The summed E-state index contributed by atoms with van der Waals surface area (Å²) >= 11 is 0. The summed E-state index contributed by atoms with van der Waals surface area (Å²) in [7, 11) is -1.72. The molecule has 8 nitrogen and oxygen atoms in total. The maximum Gasteiger partial charge on any atom is 0.229 e. The van der Waals surface area contributed by atoms with Crippen molar-refractivity contribution in [3.63, 3.8) is 0 Å². The first kappa shape index (κ1) is 17.9. The third-order valence-electron chi connectivity index (χ3n) is 3.61. The number of hydrogen-bond donors (Lipinski definition) is 2. The molecule has 1 aliphatic rings. The Labute approximate surface area is 142 Å². The van der Waals surface area contributed by atoms with Gasteiger partial charge in [-0.2, -0.15) is 5.10 Å². The predicted molar refractivity (Wildman–Crippen MR) is 96.3 cm³/mol. The van der Waals surface area contributed by atoms with Gasteiger partial charge in [0.15, 0.2) is 0 Å². The second-order valence-electron chi connectivity index (χ2n) is 5.40. The van der Waals surface area contributed by atoms with E-state index in [0.717, 1.165) is 25.1 Å². The van der Waals surface area contributed by atoms with Gasteiger partial charge in [-0.3, -0.25) is 9.40 Å². The first-order chi connectivity index (χ1) is 11.2. The van der Waals surface area contributed by atoms with E-state index in [9.17, 15) is 8.42 Å². The monoisotopic (exact) mass is 351 g/mol. The topological polar surface area (TPSA) is 105 Å². The number of nitrogens with two attached hydrogens (primary N) is 1. The number of aryl methyl sites for hydroxylation is 1. The number of rotatable bonds is 5. The number of hydrogen-bond acceptors (Lipinski definition) is 5. The Bertz CT molecular complexity index is 853. The molecule has 2 rings (SSSR count). The first-order valence-corrected chi connectivity index (χ1v) is 9.50. The summed E-state index contributed by atoms with van der Waals surface area (Å²) in [5, 5.41) is 4.04. The molecule has 24 heavy (non-hydrogen) atoms. The molecule has 0 saturated carbocycles. The second-order valence-corrected chi connectivity index (χ2v) is 7.15. The smallest absolute Gasteiger partial charge is 0.229 e. The van der Waals surface area contributed by atoms with Crippen molar-refractivity contribution >= 4 is 33.0 Å². The van der Waals surface area contributed by atoms with Gasteiger partial charge in [0.1, 0.15) is 24.6 Å². The van der Waals surface area contributed by atoms with Crippen molar-refractivity contribution in [2.75, 3.05) is 25.1 Å². The fourth-order valence-electron chi connectivity index (χ4n) is 2.34. The van der Waals surface area contributed by atoms with E-state index < -0.39 is 10.0 Å². The Morgan fingerprint density at radius 3 is 2.50 bits per heavy atom. The minimum atomic E-state index is -3.43. The third kappa shape index (κ3) is 4.10. The number of sulfonamides is 1. The fourth-order valence-corrected chi connectivity index (χ4v) is 2.90. The van der Waals surface area contributed by atoms with Crippen molar-refractivity contribution in [3.05, 3.63) is 30.1 Å². The largest absolute Gasteiger partial charge is 0.382 e. The summed E-state index contributed by atoms with van der Waals surface area (Å²) < 4.78 is 29.5. The van der Waals surface area contributed by atoms with Crippen LogP contribution in [0.2, 0.25) is 0 Å². The molecule has 0 fully saturated rings. The van der Waals surface area contributed by atoms with E-state index in [4.69, 9.17) is 5.73 Å². The van der Waals surface area contributed by atoms with Crippen LogP contribution in [0, 0.1) is 0 Å². The molecular weight excluding hydrogens is 328 g/mol. The molecule has 1 aromatic rings. The van der Waals surface area contributed by atoms with Crippen LogP contribution in [0.4, 0.5) is 11.5 Å². The molecule has 0 bridgehead atoms. The molecule has 0 saturated heterocycles. The van der Waals surface area contributed by atoms with Crippen molar-refractivity contribution in [3.8, 4) is 0 Å². The maximum atomic E-state index is 11.7. The molecule has 1 aromatic heterocycles. The summed E-state index contributed by atoms with van der Waals surface area (Å²) in [6.07, 6.45) is 8.11. The molecular formula is C15H23N6O2S+. The van der Waals surface area contributed by atoms with Crippen molar-refractivity contribution < 1.29 is 13.0 Å². The van der Waals surface area contributed by atoms with Crippen LogP contribution in [0.5, 0.6) is 0 Å². The third-order valence-corrected chi connectivity index (χ3v) is 4.20. The zero-order chi connectivity index (χ0) is 17.9. The van der Waals surface area contributed by atoms with E-state index >= 15 is 0 Å². The van der Waals surface area contributed by atoms with Crippen molar-refractivity contribution in [1.82, 2.24) is 14.5 Å². The van der Waals surface area contributed by atoms with Gasteiger partial charge >= 0.3 is 0 Å². The van der Waals surface area contributed by atoms with Crippen LogP contribution in [-0.4, -0.2) is 53.5 Å². The van der Waals surface area contributed by atoms with Gasteiger partial charge in [-0.05, 0) is 19.9 Å². The van der Waals surface area contributed by atoms with Crippen LogP contribution in [0.3, 0.4) is 0 Å². The number of nitrogen functional groups attached to an aromatic ring is 1. The molecule has 0 radical (unpaired) electrons. The summed E-state index contributed by atoms with van der Waals surface area (Å²) in [5.41, 5.74) is 8.21. The lowest BCUT2D eigenvalue weighted by atomic mass is 10.1. The molecule has 3 N–H and O–H groups in total. The molecule has 9 heteroatoms. The van der Waals surface area contributed by atoms with Gasteiger partial charge in [0.05, 0.1) is 23.9 Å². The highest BCUT2D eigenvalue weighted by atomic mass is 32.2. The van der Waals surface area contributed by atoms with E-state index in [1.54, 1.807) is 19.2 Å². The molecule has 0 unspecified atom stereocenters. The van der Waals surface area contributed by atoms with Gasteiger partial charge in [-0.15, -0.1) is 0 Å². The molecule has 0 aromatic carbocycles. The highest BCUT2D eigenvalue weighted by Crippen LogP contribution is 2.22. The number of aliphatic imine (C=N–C) groups is 1. The van der Waals surface area contributed by atoms with Crippen molar-refractivity contribution in [2.45, 2.75) is 13.8 Å². The van der Waals surface area contributed by atoms with E-state index in [2.05, 4.69) is 19.4 Å². The summed E-state index contributed by atoms with van der Waals surface area (Å²) in [4.78, 5) is 4.44. The molecule has 0 atom stereocenters. The highest BCUT2D eigenvalue weighted by molar-refractivity contribution is 7.88. The van der Waals surface area contributed by atoms with E-state index in [1.165, 1.54) is 10.9 Å². The molecule has 0 amide bonds. The maximum absolute atomic E-state index is 11.7. The van der Waals surface area contributed by atoms with E-state index in [1.807, 2.05) is 19.9 Å². The number of nitrogens with one attached hydrogen (secondary N) is 1. The SMILES string of the molecule is CC[N+](CC)=C1C=C/C(=N/c2cnn(C)c2N)C(NS(C)(=O)=O)=C1. The Morgan fingerprint density at radius 2 is 2.00 bits per heavy atom. The van der Waals surface area contributed by atoms with Gasteiger partial charge in [0, 0.05) is 19.2 Å². The molecule has 1 aliphatic carbocycles. The summed E-state index contributed by atoms with van der Waals surface area (Å²) in [5.74, 6) is 0.410. The van der Waals surface area contributed by atoms with E-state index in [-0.39, 0.29) is 0 Å². The lowest BCUT2D eigenvalue weighted by Crippen LogP contribution is -2.30. The van der Waals surface area contributed by atoms with Crippen LogP contribution in [0.15, 0.2) is 35.1 Å². The number of allylic oxidation sites excluding steroid dienone is 3. The Morgan fingerprint density at radius 1 is 1.33 bits per heavy atom. The lowest BCUT2D eigenvalue weighted by Gasteiger charge is -2.13. The minimum Gasteiger partial charge on any atom is -0.382 e. The Balaban J connectivity index is 2.52. The van der Waals surface area contributed by atoms with Gasteiger partial charge < -0.3 is 5.73 Å². The van der Waals surface area contributed by atoms with Crippen LogP contribution in [0.1, 0.15) is 13.8 Å². The average Bonchev–Trinajstić information content (AvgIpc) is 2.81. The zero-order valence-corrected chi connectivity index (χ0v) is 15.1. The second kappa shape index (κ2) is 7.00. The molecule has 1 heterocycles. The zero-order valence-electron chi connectivity index (χ0n) is 14.3. The normalized spacial score (nSPS) is 16.4. The fraction of sp³-hybridized carbons (Fsp3) is 0.400. The van der Waals surface area contributed by atoms with Crippen LogP contribution < -0.4 is 10.5 Å². The van der Waals surface area contributed by atoms with Gasteiger partial charge in [-0.1, -0.05) is 0 Å². The minimum absolute atomic E-state index is 0.408. The van der Waals surface area contributed by atoms with Gasteiger partial charge in [-0.25, -0.2) is 18.0 Å². The van der Waals surface area contributed by atoms with Crippen molar-refractivity contribution in [1.29, 1.82) is 0 Å². The van der Waals surface area contributed by atoms with Crippen LogP contribution in [0.25, 0.3) is 0 Å².